The van der Waals surface area contributed by atoms with E-state index in [0.29, 0.717) is 36.3 Å². The minimum absolute atomic E-state index is 0.170. The SMILES string of the molecule is CCOC(C(=O)NCC(C)(C)c1nc2cc(Oc3ccccc3)nn2[nH]1)c1ccc(C)cc1C. The van der Waals surface area contributed by atoms with Gasteiger partial charge in [0.25, 0.3) is 5.91 Å². The molecule has 2 N–H and O–H groups in total. The number of nitrogens with zero attached hydrogens (tertiary/aromatic N) is 3. The number of H-pyrrole nitrogens is 1. The molecular weight excluding hydrogens is 430 g/mol. The van der Waals surface area contributed by atoms with Gasteiger partial charge >= 0.3 is 0 Å². The normalized spacial score (nSPS) is 12.6. The molecule has 178 valence electrons. The molecule has 0 radical (unpaired) electrons. The molecule has 4 rings (SSSR count). The zero-order valence-corrected chi connectivity index (χ0v) is 20.3. The molecule has 2 heterocycles. The summed E-state index contributed by atoms with van der Waals surface area (Å²) >= 11 is 0. The number of aromatic amines is 1. The van der Waals surface area contributed by atoms with E-state index in [-0.39, 0.29) is 5.91 Å². The highest BCUT2D eigenvalue weighted by Crippen LogP contribution is 2.26. The molecule has 2 aromatic heterocycles. The standard InChI is InChI=1S/C26H31N5O3/c1-6-33-23(20-13-12-17(2)14-18(20)3)24(32)27-16-26(4,5)25-28-21-15-22(29-31(21)30-25)34-19-10-8-7-9-11-19/h7-15,23H,6,16H2,1-5H3,(H,27,32)(H,28,30). The van der Waals surface area contributed by atoms with E-state index >= 15 is 0 Å². The van der Waals surface area contributed by atoms with E-state index < -0.39 is 11.5 Å². The molecule has 1 amide bonds. The summed E-state index contributed by atoms with van der Waals surface area (Å²) < 4.78 is 13.2. The van der Waals surface area contributed by atoms with Gasteiger partial charge in [-0.05, 0) is 44.0 Å². The predicted octanol–water partition coefficient (Wildman–Crippen LogP) is 4.64. The number of nitrogens with one attached hydrogen (secondary N) is 2. The molecule has 0 aliphatic carbocycles. The van der Waals surface area contributed by atoms with Crippen LogP contribution in [0.2, 0.25) is 0 Å². The minimum atomic E-state index is -0.659. The van der Waals surface area contributed by atoms with E-state index in [1.54, 1.807) is 10.7 Å². The number of ether oxygens (including phenoxy) is 2. The lowest BCUT2D eigenvalue weighted by Crippen LogP contribution is -2.40. The first-order chi connectivity index (χ1) is 16.3. The van der Waals surface area contributed by atoms with Crippen LogP contribution < -0.4 is 10.1 Å². The van der Waals surface area contributed by atoms with E-state index in [0.717, 1.165) is 16.7 Å². The quantitative estimate of drug-likeness (QED) is 0.379. The van der Waals surface area contributed by atoms with Gasteiger partial charge in [0.2, 0.25) is 5.88 Å². The van der Waals surface area contributed by atoms with Gasteiger partial charge < -0.3 is 14.8 Å². The number of carbonyl (C=O) groups is 1. The van der Waals surface area contributed by atoms with Gasteiger partial charge in [0, 0.05) is 24.6 Å². The van der Waals surface area contributed by atoms with Crippen LogP contribution in [0.1, 0.15) is 49.4 Å². The Morgan fingerprint density at radius 2 is 1.91 bits per heavy atom. The van der Waals surface area contributed by atoms with Crippen LogP contribution in [0.3, 0.4) is 0 Å². The molecule has 8 heteroatoms. The van der Waals surface area contributed by atoms with Crippen LogP contribution >= 0.6 is 0 Å². The third-order valence-electron chi connectivity index (χ3n) is 5.70. The third kappa shape index (κ3) is 5.12. The average molecular weight is 462 g/mol. The van der Waals surface area contributed by atoms with E-state index in [1.165, 1.54) is 0 Å². The van der Waals surface area contributed by atoms with Crippen LogP contribution in [-0.2, 0) is 14.9 Å². The third-order valence-corrected chi connectivity index (χ3v) is 5.70. The summed E-state index contributed by atoms with van der Waals surface area (Å²) in [5.41, 5.74) is 3.25. The lowest BCUT2D eigenvalue weighted by atomic mass is 9.92. The van der Waals surface area contributed by atoms with Crippen molar-refractivity contribution in [1.82, 2.24) is 25.1 Å². The van der Waals surface area contributed by atoms with E-state index in [2.05, 4.69) is 26.6 Å². The first kappa shape index (κ1) is 23.5. The molecule has 0 saturated heterocycles. The van der Waals surface area contributed by atoms with Gasteiger partial charge in [-0.3, -0.25) is 9.89 Å². The summed E-state index contributed by atoms with van der Waals surface area (Å²) in [6, 6.07) is 17.3. The van der Waals surface area contributed by atoms with E-state index in [4.69, 9.17) is 9.47 Å². The van der Waals surface area contributed by atoms with Crippen molar-refractivity contribution < 1.29 is 14.3 Å². The van der Waals surface area contributed by atoms with Gasteiger partial charge in [-0.25, -0.2) is 4.98 Å². The van der Waals surface area contributed by atoms with Crippen LogP contribution in [-0.4, -0.2) is 38.9 Å². The molecule has 0 aliphatic rings. The van der Waals surface area contributed by atoms with Crippen LogP contribution in [0.4, 0.5) is 0 Å². The number of carbonyl (C=O) groups excluding carboxylic acids is 1. The minimum Gasteiger partial charge on any atom is -0.437 e. The molecule has 1 atom stereocenters. The first-order valence-electron chi connectivity index (χ1n) is 11.4. The number of aromatic nitrogens is 4. The van der Waals surface area contributed by atoms with Crippen LogP contribution in [0.25, 0.3) is 5.65 Å². The number of fused-ring (bicyclic) bond motifs is 1. The molecule has 0 fully saturated rings. The summed E-state index contributed by atoms with van der Waals surface area (Å²) in [6.07, 6.45) is -0.659. The maximum atomic E-state index is 13.1. The lowest BCUT2D eigenvalue weighted by molar-refractivity contribution is -0.133. The summed E-state index contributed by atoms with van der Waals surface area (Å²) in [7, 11) is 0. The second kappa shape index (κ2) is 9.69. The average Bonchev–Trinajstić information content (AvgIpc) is 3.36. The van der Waals surface area contributed by atoms with E-state index in [1.807, 2.05) is 77.1 Å². The number of hydrogen-bond acceptors (Lipinski definition) is 5. The van der Waals surface area contributed by atoms with Gasteiger partial charge in [0.05, 0.1) is 0 Å². The smallest absolute Gasteiger partial charge is 0.253 e. The second-order valence-corrected chi connectivity index (χ2v) is 9.04. The monoisotopic (exact) mass is 461 g/mol. The summed E-state index contributed by atoms with van der Waals surface area (Å²) in [5.74, 6) is 1.70. The van der Waals surface area contributed by atoms with Crippen molar-refractivity contribution in [3.05, 3.63) is 77.1 Å². The van der Waals surface area contributed by atoms with Crippen molar-refractivity contribution in [3.63, 3.8) is 0 Å². The maximum Gasteiger partial charge on any atom is 0.253 e. The Balaban J connectivity index is 1.45. The van der Waals surface area contributed by atoms with Gasteiger partial charge in [-0.15, -0.1) is 5.10 Å². The molecule has 0 aliphatic heterocycles. The maximum absolute atomic E-state index is 13.1. The highest BCUT2D eigenvalue weighted by atomic mass is 16.5. The number of para-hydroxylation sites is 1. The Kier molecular flexibility index (Phi) is 6.70. The summed E-state index contributed by atoms with van der Waals surface area (Å²) in [5, 5.41) is 10.7. The zero-order chi connectivity index (χ0) is 24.3. The summed E-state index contributed by atoms with van der Waals surface area (Å²) in [4.78, 5) is 17.8. The molecule has 34 heavy (non-hydrogen) atoms. The predicted molar refractivity (Wildman–Crippen MR) is 130 cm³/mol. The molecule has 1 unspecified atom stereocenters. The van der Waals surface area contributed by atoms with Gasteiger partial charge in [0.1, 0.15) is 11.6 Å². The van der Waals surface area contributed by atoms with E-state index in [9.17, 15) is 4.79 Å². The Labute approximate surface area is 199 Å². The van der Waals surface area contributed by atoms with Crippen molar-refractivity contribution in [1.29, 1.82) is 0 Å². The van der Waals surface area contributed by atoms with Crippen molar-refractivity contribution in [2.45, 2.75) is 46.1 Å². The Morgan fingerprint density at radius 3 is 2.59 bits per heavy atom. The van der Waals surface area contributed by atoms with Gasteiger partial charge in [-0.2, -0.15) is 4.63 Å². The fraction of sp³-hybridized carbons (Fsp3) is 0.346. The molecular formula is C26H31N5O3. The molecule has 0 bridgehead atoms. The summed E-state index contributed by atoms with van der Waals surface area (Å²) in [6.45, 7) is 10.8. The van der Waals surface area contributed by atoms with Crippen molar-refractivity contribution in [3.8, 4) is 11.6 Å². The largest absolute Gasteiger partial charge is 0.437 e. The molecule has 0 saturated carbocycles. The van der Waals surface area contributed by atoms with Gasteiger partial charge in [-0.1, -0.05) is 55.8 Å². The number of hydrogen-bond donors (Lipinski definition) is 2. The fourth-order valence-electron chi connectivity index (χ4n) is 3.79. The Morgan fingerprint density at radius 1 is 1.15 bits per heavy atom. The van der Waals surface area contributed by atoms with Crippen LogP contribution in [0.15, 0.2) is 54.6 Å². The first-order valence-corrected chi connectivity index (χ1v) is 11.4. The van der Waals surface area contributed by atoms with Crippen molar-refractivity contribution in [2.75, 3.05) is 13.2 Å². The highest BCUT2D eigenvalue weighted by molar-refractivity contribution is 5.82. The highest BCUT2D eigenvalue weighted by Gasteiger charge is 2.29. The Hall–Kier alpha value is -3.65. The molecule has 4 aromatic rings. The topological polar surface area (TPSA) is 93.5 Å². The number of benzene rings is 2. The van der Waals surface area contributed by atoms with Crippen molar-refractivity contribution >= 4 is 11.6 Å². The van der Waals surface area contributed by atoms with Crippen LogP contribution in [0.5, 0.6) is 11.6 Å². The molecule has 2 aromatic carbocycles. The second-order valence-electron chi connectivity index (χ2n) is 9.04. The number of rotatable bonds is 9. The molecule has 8 nitrogen and oxygen atoms in total. The molecule has 0 spiro atoms. The van der Waals surface area contributed by atoms with Crippen molar-refractivity contribution in [2.24, 2.45) is 0 Å². The zero-order valence-electron chi connectivity index (χ0n) is 20.3. The lowest BCUT2D eigenvalue weighted by Gasteiger charge is -2.25. The number of amides is 1. The Bertz CT molecular complexity index is 1240. The fourth-order valence-corrected chi connectivity index (χ4v) is 3.79. The van der Waals surface area contributed by atoms with Gasteiger partial charge in [0.15, 0.2) is 11.8 Å². The number of aryl methyl sites for hydroxylation is 2. The van der Waals surface area contributed by atoms with Crippen LogP contribution in [0, 0.1) is 13.8 Å².